The third-order valence-electron chi connectivity index (χ3n) is 3.73. The highest BCUT2D eigenvalue weighted by Crippen LogP contribution is 2.29. The van der Waals surface area contributed by atoms with Crippen molar-refractivity contribution in [2.45, 2.75) is 56.5 Å². The van der Waals surface area contributed by atoms with Crippen LogP contribution in [0.15, 0.2) is 17.4 Å². The van der Waals surface area contributed by atoms with E-state index in [0.717, 1.165) is 43.3 Å². The minimum Gasteiger partial charge on any atom is -0.337 e. The Bertz CT molecular complexity index is 528. The van der Waals surface area contributed by atoms with E-state index in [1.165, 1.54) is 0 Å². The fraction of sp³-hybridized carbons (Fsp3) is 0.643. The summed E-state index contributed by atoms with van der Waals surface area (Å²) in [4.78, 5) is 21.4. The lowest BCUT2D eigenvalue weighted by molar-refractivity contribution is -0.141. The van der Waals surface area contributed by atoms with Crippen LogP contribution < -0.4 is 0 Å². The quantitative estimate of drug-likeness (QED) is 0.628. The number of alkyl halides is 3. The molecule has 0 N–H and O–H groups in total. The lowest BCUT2D eigenvalue weighted by Crippen LogP contribution is -2.48. The van der Waals surface area contributed by atoms with Crippen LogP contribution in [0, 0.1) is 0 Å². The highest BCUT2D eigenvalue weighted by molar-refractivity contribution is 7.99. The Balaban J connectivity index is 1.99. The van der Waals surface area contributed by atoms with Gasteiger partial charge in [-0.2, -0.15) is 13.2 Å². The third kappa shape index (κ3) is 4.12. The smallest absolute Gasteiger partial charge is 0.337 e. The molecule has 1 aliphatic rings. The summed E-state index contributed by atoms with van der Waals surface area (Å²) in [6, 6.07) is 1.15. The minimum absolute atomic E-state index is 0.0273. The van der Waals surface area contributed by atoms with Gasteiger partial charge in [-0.05, 0) is 39.2 Å². The molecule has 2 unspecified atom stereocenters. The Kier molecular flexibility index (Phi) is 5.31. The molecule has 0 spiro atoms. The zero-order valence-electron chi connectivity index (χ0n) is 12.4. The number of halogens is 3. The summed E-state index contributed by atoms with van der Waals surface area (Å²) >= 11 is 0.943. The van der Waals surface area contributed by atoms with Crippen molar-refractivity contribution >= 4 is 17.7 Å². The molecule has 0 saturated carbocycles. The van der Waals surface area contributed by atoms with Crippen molar-refractivity contribution in [1.82, 2.24) is 14.9 Å². The molecule has 1 fully saturated rings. The van der Waals surface area contributed by atoms with E-state index in [4.69, 9.17) is 0 Å². The van der Waals surface area contributed by atoms with Crippen LogP contribution in [0.1, 0.15) is 38.8 Å². The van der Waals surface area contributed by atoms with Crippen molar-refractivity contribution in [3.63, 3.8) is 0 Å². The van der Waals surface area contributed by atoms with Gasteiger partial charge in [0.15, 0.2) is 5.16 Å². The first-order chi connectivity index (χ1) is 10.3. The van der Waals surface area contributed by atoms with Crippen LogP contribution in [0.2, 0.25) is 0 Å². The second kappa shape index (κ2) is 6.85. The first-order valence-electron chi connectivity index (χ1n) is 7.13. The molecule has 2 rings (SSSR count). The number of amides is 1. The van der Waals surface area contributed by atoms with Crippen LogP contribution in [0.3, 0.4) is 0 Å². The Morgan fingerprint density at radius 1 is 1.36 bits per heavy atom. The lowest BCUT2D eigenvalue weighted by Gasteiger charge is -2.39. The molecular formula is C14H18F3N3OS. The molecule has 122 valence electrons. The molecule has 1 aliphatic heterocycles. The van der Waals surface area contributed by atoms with Gasteiger partial charge >= 0.3 is 6.18 Å². The molecule has 0 bridgehead atoms. The Labute approximate surface area is 131 Å². The lowest BCUT2D eigenvalue weighted by atomic mass is 9.98. The van der Waals surface area contributed by atoms with Crippen LogP contribution in [-0.4, -0.2) is 38.6 Å². The fourth-order valence-electron chi connectivity index (χ4n) is 2.68. The zero-order chi connectivity index (χ0) is 16.3. The van der Waals surface area contributed by atoms with Crippen molar-refractivity contribution in [2.75, 3.05) is 5.75 Å². The second-order valence-corrected chi connectivity index (χ2v) is 6.38. The van der Waals surface area contributed by atoms with Crippen LogP contribution in [0.5, 0.6) is 0 Å². The maximum Gasteiger partial charge on any atom is 0.433 e. The summed E-state index contributed by atoms with van der Waals surface area (Å²) < 4.78 is 37.8. The number of nitrogens with zero attached hydrogens (tertiary/aromatic N) is 3. The SMILES string of the molecule is CC1CCCC(C)N1C(=O)CSc1nccc(C(F)(F)F)n1. The molecule has 1 aromatic heterocycles. The first-order valence-corrected chi connectivity index (χ1v) is 8.12. The van der Waals surface area contributed by atoms with Crippen molar-refractivity contribution < 1.29 is 18.0 Å². The van der Waals surface area contributed by atoms with E-state index in [0.29, 0.717) is 0 Å². The van der Waals surface area contributed by atoms with E-state index in [1.807, 2.05) is 18.7 Å². The van der Waals surface area contributed by atoms with Crippen LogP contribution in [0.4, 0.5) is 13.2 Å². The van der Waals surface area contributed by atoms with Gasteiger partial charge in [0.05, 0.1) is 5.75 Å². The van der Waals surface area contributed by atoms with Gasteiger partial charge < -0.3 is 4.90 Å². The number of aromatic nitrogens is 2. The van der Waals surface area contributed by atoms with Gasteiger partial charge in [-0.3, -0.25) is 4.79 Å². The summed E-state index contributed by atoms with van der Waals surface area (Å²) in [6.07, 6.45) is -0.426. The van der Waals surface area contributed by atoms with Gasteiger partial charge in [0.25, 0.3) is 0 Å². The molecule has 0 radical (unpaired) electrons. The molecular weight excluding hydrogens is 315 g/mol. The minimum atomic E-state index is -4.50. The van der Waals surface area contributed by atoms with Crippen molar-refractivity contribution in [1.29, 1.82) is 0 Å². The van der Waals surface area contributed by atoms with Crippen molar-refractivity contribution in [2.24, 2.45) is 0 Å². The van der Waals surface area contributed by atoms with Crippen molar-refractivity contribution in [3.05, 3.63) is 18.0 Å². The fourth-order valence-corrected chi connectivity index (χ4v) is 3.38. The predicted molar refractivity (Wildman–Crippen MR) is 77.4 cm³/mol. The van der Waals surface area contributed by atoms with E-state index in [-0.39, 0.29) is 28.9 Å². The topological polar surface area (TPSA) is 46.1 Å². The molecule has 2 atom stereocenters. The Morgan fingerprint density at radius 2 is 2.00 bits per heavy atom. The number of rotatable bonds is 3. The van der Waals surface area contributed by atoms with Crippen LogP contribution >= 0.6 is 11.8 Å². The van der Waals surface area contributed by atoms with Crippen LogP contribution in [-0.2, 0) is 11.0 Å². The van der Waals surface area contributed by atoms with Crippen LogP contribution in [0.25, 0.3) is 0 Å². The van der Waals surface area contributed by atoms with E-state index >= 15 is 0 Å². The number of likely N-dealkylation sites (tertiary alicyclic amines) is 1. The molecule has 8 heteroatoms. The molecule has 0 aromatic carbocycles. The van der Waals surface area contributed by atoms with Gasteiger partial charge in [-0.1, -0.05) is 11.8 Å². The number of hydrogen-bond donors (Lipinski definition) is 0. The molecule has 1 saturated heterocycles. The normalized spacial score (nSPS) is 22.7. The standard InChI is InChI=1S/C14H18F3N3OS/c1-9-4-3-5-10(2)20(9)12(21)8-22-13-18-7-6-11(19-13)14(15,16)17/h6-7,9-10H,3-5,8H2,1-2H3. The summed E-state index contributed by atoms with van der Waals surface area (Å²) in [6.45, 7) is 4.00. The Morgan fingerprint density at radius 3 is 2.59 bits per heavy atom. The largest absolute Gasteiger partial charge is 0.433 e. The summed E-state index contributed by atoms with van der Waals surface area (Å²) in [5.74, 6) is -0.0265. The maximum atomic E-state index is 12.6. The first kappa shape index (κ1) is 17.1. The van der Waals surface area contributed by atoms with E-state index in [2.05, 4.69) is 9.97 Å². The van der Waals surface area contributed by atoms with Crippen molar-refractivity contribution in [3.8, 4) is 0 Å². The second-order valence-electron chi connectivity index (χ2n) is 5.44. The maximum absolute atomic E-state index is 12.6. The average molecular weight is 333 g/mol. The summed E-state index contributed by atoms with van der Waals surface area (Å²) in [5, 5.41) is -0.0273. The van der Waals surface area contributed by atoms with Gasteiger partial charge in [-0.15, -0.1) is 0 Å². The number of carbonyl (C=O) groups is 1. The van der Waals surface area contributed by atoms with Gasteiger partial charge in [-0.25, -0.2) is 9.97 Å². The third-order valence-corrected chi connectivity index (χ3v) is 4.58. The zero-order valence-corrected chi connectivity index (χ0v) is 13.2. The van der Waals surface area contributed by atoms with E-state index < -0.39 is 11.9 Å². The molecule has 1 amide bonds. The summed E-state index contributed by atoms with van der Waals surface area (Å²) in [5.41, 5.74) is -0.989. The highest BCUT2D eigenvalue weighted by atomic mass is 32.2. The monoisotopic (exact) mass is 333 g/mol. The average Bonchev–Trinajstić information content (AvgIpc) is 2.44. The van der Waals surface area contributed by atoms with Gasteiger partial charge in [0.2, 0.25) is 5.91 Å². The molecule has 1 aromatic rings. The summed E-state index contributed by atoms with van der Waals surface area (Å²) in [7, 11) is 0. The van der Waals surface area contributed by atoms with Gasteiger partial charge in [0, 0.05) is 18.3 Å². The number of carbonyl (C=O) groups excluding carboxylic acids is 1. The number of thioether (sulfide) groups is 1. The Hall–Kier alpha value is -1.31. The highest BCUT2D eigenvalue weighted by Gasteiger charge is 2.33. The molecule has 0 aliphatic carbocycles. The van der Waals surface area contributed by atoms with Gasteiger partial charge in [0.1, 0.15) is 5.69 Å². The molecule has 22 heavy (non-hydrogen) atoms. The molecule has 2 heterocycles. The van der Waals surface area contributed by atoms with E-state index in [9.17, 15) is 18.0 Å². The number of piperidine rings is 1. The number of hydrogen-bond acceptors (Lipinski definition) is 4. The van der Waals surface area contributed by atoms with E-state index in [1.54, 1.807) is 0 Å². The molecule has 4 nitrogen and oxygen atoms in total. The predicted octanol–water partition coefficient (Wildman–Crippen LogP) is 3.38.